The van der Waals surface area contributed by atoms with Crippen LogP contribution in [0, 0.1) is 13.8 Å². The van der Waals surface area contributed by atoms with Gasteiger partial charge in [0, 0.05) is 6.54 Å². The molecule has 2 aromatic rings. The summed E-state index contributed by atoms with van der Waals surface area (Å²) >= 11 is 0. The number of carbonyl (C=O) groups is 1. The minimum atomic E-state index is -0.353. The average molecular weight is 274 g/mol. The minimum absolute atomic E-state index is 0.0825. The summed E-state index contributed by atoms with van der Waals surface area (Å²) < 4.78 is 6.93. The molecule has 106 valence electrons. The first-order valence-electron chi connectivity index (χ1n) is 6.61. The lowest BCUT2D eigenvalue weighted by Gasteiger charge is -2.07. The number of hydrogen-bond donors (Lipinski definition) is 0. The topological polar surface area (TPSA) is 69.9 Å². The first kappa shape index (κ1) is 14.2. The summed E-state index contributed by atoms with van der Waals surface area (Å²) in [5, 5.41) is 11.3. The second-order valence-electron chi connectivity index (χ2n) is 4.71. The normalized spacial score (nSPS) is 10.6. The van der Waals surface area contributed by atoms with Crippen molar-refractivity contribution < 1.29 is 9.53 Å². The van der Waals surface area contributed by atoms with E-state index in [9.17, 15) is 4.79 Å². The molecule has 0 fully saturated rings. The van der Waals surface area contributed by atoms with Crippen LogP contribution in [0.25, 0.3) is 0 Å². The van der Waals surface area contributed by atoms with Gasteiger partial charge >= 0.3 is 5.97 Å². The molecule has 0 amide bonds. The van der Waals surface area contributed by atoms with Crippen LogP contribution in [0.1, 0.15) is 40.7 Å². The van der Waals surface area contributed by atoms with Crippen molar-refractivity contribution in [2.75, 3.05) is 0 Å². The largest absolute Gasteiger partial charge is 0.454 e. The van der Waals surface area contributed by atoms with Crippen molar-refractivity contribution >= 4 is 5.97 Å². The Balaban J connectivity index is 2.03. The number of hydrogen-bond acceptors (Lipinski definition) is 5. The van der Waals surface area contributed by atoms with Gasteiger partial charge in [-0.1, -0.05) is 24.6 Å². The summed E-state index contributed by atoms with van der Waals surface area (Å²) in [6, 6.07) is 5.63. The predicted molar refractivity (Wildman–Crippen MR) is 73.1 cm³/mol. The fourth-order valence-electron chi connectivity index (χ4n) is 1.96. The summed E-state index contributed by atoms with van der Waals surface area (Å²) in [6.45, 7) is 6.71. The van der Waals surface area contributed by atoms with Crippen LogP contribution in [0.4, 0.5) is 0 Å². The Kier molecular flexibility index (Phi) is 4.45. The summed E-state index contributed by atoms with van der Waals surface area (Å²) in [5.74, 6) is 0.207. The number of carbonyl (C=O) groups excluding carboxylic acids is 1. The molecule has 0 radical (unpaired) electrons. The van der Waals surface area contributed by atoms with Crippen LogP contribution in [-0.2, 0) is 17.9 Å². The highest BCUT2D eigenvalue weighted by molar-refractivity contribution is 5.91. The van der Waals surface area contributed by atoms with Crippen molar-refractivity contribution in [2.24, 2.45) is 0 Å². The minimum Gasteiger partial charge on any atom is -0.454 e. The molecule has 0 aliphatic heterocycles. The lowest BCUT2D eigenvalue weighted by molar-refractivity contribution is 0.0455. The Bertz CT molecular complexity index is 607. The third-order valence-corrected chi connectivity index (χ3v) is 2.98. The molecule has 1 aromatic carbocycles. The lowest BCUT2D eigenvalue weighted by atomic mass is 10.1. The zero-order valence-electron chi connectivity index (χ0n) is 12.0. The smallest absolute Gasteiger partial charge is 0.338 e. The van der Waals surface area contributed by atoms with Gasteiger partial charge in [0.25, 0.3) is 0 Å². The van der Waals surface area contributed by atoms with Crippen molar-refractivity contribution in [3.05, 3.63) is 40.7 Å². The van der Waals surface area contributed by atoms with E-state index in [1.165, 1.54) is 0 Å². The highest BCUT2D eigenvalue weighted by Gasteiger charge is 2.13. The van der Waals surface area contributed by atoms with E-state index in [0.717, 1.165) is 17.5 Å². The van der Waals surface area contributed by atoms with Crippen molar-refractivity contribution in [3.63, 3.8) is 0 Å². The first-order chi connectivity index (χ1) is 9.61. The molecule has 0 aliphatic rings. The number of esters is 1. The molecule has 20 heavy (non-hydrogen) atoms. The van der Waals surface area contributed by atoms with E-state index in [-0.39, 0.29) is 12.6 Å². The summed E-state index contributed by atoms with van der Waals surface area (Å²) in [6.07, 6.45) is 0.920. The van der Waals surface area contributed by atoms with Gasteiger partial charge in [0.15, 0.2) is 12.4 Å². The van der Waals surface area contributed by atoms with Crippen LogP contribution < -0.4 is 0 Å². The van der Waals surface area contributed by atoms with E-state index in [0.29, 0.717) is 17.9 Å². The number of rotatable bonds is 5. The molecule has 0 atom stereocenters. The highest BCUT2D eigenvalue weighted by Crippen LogP contribution is 2.12. The Labute approximate surface area is 117 Å². The van der Waals surface area contributed by atoms with Gasteiger partial charge in [-0.05, 0) is 42.3 Å². The molecule has 1 heterocycles. The zero-order valence-corrected chi connectivity index (χ0v) is 12.0. The molecule has 0 bridgehead atoms. The van der Waals surface area contributed by atoms with E-state index < -0.39 is 0 Å². The fraction of sp³-hybridized carbons (Fsp3) is 0.429. The van der Waals surface area contributed by atoms with Crippen LogP contribution in [0.3, 0.4) is 0 Å². The lowest BCUT2D eigenvalue weighted by Crippen LogP contribution is -2.12. The monoisotopic (exact) mass is 274 g/mol. The zero-order chi connectivity index (χ0) is 14.5. The SMILES string of the molecule is CCCn1nnnc1COC(=O)c1ccc(C)cc1C. The van der Waals surface area contributed by atoms with Gasteiger partial charge in [-0.2, -0.15) is 0 Å². The van der Waals surface area contributed by atoms with Crippen LogP contribution in [0.15, 0.2) is 18.2 Å². The molecule has 6 nitrogen and oxygen atoms in total. The van der Waals surface area contributed by atoms with Gasteiger partial charge < -0.3 is 4.74 Å². The summed E-state index contributed by atoms with van der Waals surface area (Å²) in [7, 11) is 0. The second kappa shape index (κ2) is 6.27. The maximum absolute atomic E-state index is 12.0. The Hall–Kier alpha value is -2.24. The van der Waals surface area contributed by atoms with Gasteiger partial charge in [0.1, 0.15) is 0 Å². The van der Waals surface area contributed by atoms with Crippen molar-refractivity contribution in [2.45, 2.75) is 40.3 Å². The number of nitrogens with zero attached hydrogens (tertiary/aromatic N) is 4. The van der Waals surface area contributed by atoms with Gasteiger partial charge in [-0.15, -0.1) is 5.10 Å². The maximum atomic E-state index is 12.0. The second-order valence-corrected chi connectivity index (χ2v) is 4.71. The number of aryl methyl sites for hydroxylation is 3. The van der Waals surface area contributed by atoms with Crippen molar-refractivity contribution in [1.29, 1.82) is 0 Å². The van der Waals surface area contributed by atoms with E-state index in [1.807, 2.05) is 32.9 Å². The first-order valence-corrected chi connectivity index (χ1v) is 6.61. The van der Waals surface area contributed by atoms with Gasteiger partial charge in [0.2, 0.25) is 0 Å². The van der Waals surface area contributed by atoms with Gasteiger partial charge in [0.05, 0.1) is 5.56 Å². The molecule has 0 aliphatic carbocycles. The number of benzene rings is 1. The van der Waals surface area contributed by atoms with E-state index in [2.05, 4.69) is 15.5 Å². The van der Waals surface area contributed by atoms with Gasteiger partial charge in [-0.3, -0.25) is 0 Å². The third-order valence-electron chi connectivity index (χ3n) is 2.98. The fourth-order valence-corrected chi connectivity index (χ4v) is 1.96. The van der Waals surface area contributed by atoms with Crippen LogP contribution in [0.5, 0.6) is 0 Å². The number of tetrazole rings is 1. The standard InChI is InChI=1S/C14H18N4O2/c1-4-7-18-13(15-16-17-18)9-20-14(19)12-6-5-10(2)8-11(12)3/h5-6,8H,4,7,9H2,1-3H3. The Morgan fingerprint density at radius 3 is 2.85 bits per heavy atom. The van der Waals surface area contributed by atoms with Crippen LogP contribution in [0.2, 0.25) is 0 Å². The highest BCUT2D eigenvalue weighted by atomic mass is 16.5. The van der Waals surface area contributed by atoms with Crippen molar-refractivity contribution in [3.8, 4) is 0 Å². The van der Waals surface area contributed by atoms with Gasteiger partial charge in [-0.25, -0.2) is 9.48 Å². The Morgan fingerprint density at radius 1 is 1.35 bits per heavy atom. The molecular formula is C14H18N4O2. The molecule has 6 heteroatoms. The summed E-state index contributed by atoms with van der Waals surface area (Å²) in [5.41, 5.74) is 2.60. The van der Waals surface area contributed by atoms with Crippen LogP contribution >= 0.6 is 0 Å². The maximum Gasteiger partial charge on any atom is 0.338 e. The van der Waals surface area contributed by atoms with E-state index in [4.69, 9.17) is 4.74 Å². The van der Waals surface area contributed by atoms with Crippen molar-refractivity contribution in [1.82, 2.24) is 20.2 Å². The number of ether oxygens (including phenoxy) is 1. The van der Waals surface area contributed by atoms with E-state index >= 15 is 0 Å². The Morgan fingerprint density at radius 2 is 2.15 bits per heavy atom. The molecule has 2 rings (SSSR count). The molecule has 1 aromatic heterocycles. The molecule has 0 spiro atoms. The van der Waals surface area contributed by atoms with E-state index in [1.54, 1.807) is 10.7 Å². The van der Waals surface area contributed by atoms with Crippen LogP contribution in [-0.4, -0.2) is 26.2 Å². The molecule has 0 saturated heterocycles. The molecule has 0 saturated carbocycles. The summed E-state index contributed by atoms with van der Waals surface area (Å²) in [4.78, 5) is 12.0. The average Bonchev–Trinajstić information content (AvgIpc) is 2.84. The molecule has 0 unspecified atom stereocenters. The third kappa shape index (κ3) is 3.20. The predicted octanol–water partition coefficient (Wildman–Crippen LogP) is 2.06. The molecule has 0 N–H and O–H groups in total. The molecular weight excluding hydrogens is 256 g/mol. The quantitative estimate of drug-likeness (QED) is 0.780. The number of aromatic nitrogens is 4.